The van der Waals surface area contributed by atoms with Crippen LogP contribution >= 0.6 is 0 Å². The number of nitrogen functional groups attached to an aromatic ring is 1. The molecule has 0 bridgehead atoms. The third-order valence-corrected chi connectivity index (χ3v) is 3.13. The lowest BCUT2D eigenvalue weighted by atomic mass is 10.1. The molecule has 1 amide bonds. The lowest BCUT2D eigenvalue weighted by Crippen LogP contribution is -2.23. The summed E-state index contributed by atoms with van der Waals surface area (Å²) in [5.41, 5.74) is 8.98. The van der Waals surface area contributed by atoms with Gasteiger partial charge in [0.1, 0.15) is 0 Å². The molecule has 0 aliphatic heterocycles. The molecule has 2 aromatic rings. The number of amides is 1. The van der Waals surface area contributed by atoms with Crippen LogP contribution in [0.2, 0.25) is 0 Å². The summed E-state index contributed by atoms with van der Waals surface area (Å²) >= 11 is 0. The van der Waals surface area contributed by atoms with E-state index >= 15 is 0 Å². The van der Waals surface area contributed by atoms with Crippen molar-refractivity contribution in [2.24, 2.45) is 0 Å². The zero-order valence-corrected chi connectivity index (χ0v) is 12.3. The fourth-order valence-electron chi connectivity index (χ4n) is 2.02. The van der Waals surface area contributed by atoms with Gasteiger partial charge in [0, 0.05) is 44.4 Å². The number of nitrogens with zero attached hydrogens (tertiary/aromatic N) is 2. The molecule has 2 rings (SSSR count). The molecule has 110 valence electrons. The molecule has 5 heteroatoms. The van der Waals surface area contributed by atoms with E-state index in [0.29, 0.717) is 17.8 Å². The number of pyridine rings is 1. The van der Waals surface area contributed by atoms with Crippen LogP contribution in [0.3, 0.4) is 0 Å². The van der Waals surface area contributed by atoms with Crippen LogP contribution in [0, 0.1) is 0 Å². The van der Waals surface area contributed by atoms with Gasteiger partial charge in [-0.15, -0.1) is 0 Å². The molecule has 0 saturated carbocycles. The topological polar surface area (TPSA) is 71.2 Å². The first-order valence-corrected chi connectivity index (χ1v) is 6.82. The first-order valence-electron chi connectivity index (χ1n) is 6.82. The van der Waals surface area contributed by atoms with E-state index in [1.807, 2.05) is 18.3 Å². The molecule has 0 fully saturated rings. The Morgan fingerprint density at radius 3 is 2.81 bits per heavy atom. The van der Waals surface area contributed by atoms with Crippen molar-refractivity contribution in [3.8, 4) is 0 Å². The van der Waals surface area contributed by atoms with E-state index < -0.39 is 0 Å². The van der Waals surface area contributed by atoms with Crippen LogP contribution in [-0.2, 0) is 6.42 Å². The monoisotopic (exact) mass is 284 g/mol. The van der Waals surface area contributed by atoms with E-state index in [0.717, 1.165) is 17.7 Å². The Balaban J connectivity index is 2.08. The zero-order chi connectivity index (χ0) is 15.2. The predicted molar refractivity (Wildman–Crippen MR) is 85.3 cm³/mol. The van der Waals surface area contributed by atoms with Crippen LogP contribution in [-0.4, -0.2) is 36.4 Å². The lowest BCUT2D eigenvalue weighted by molar-refractivity contribution is 0.0828. The van der Waals surface area contributed by atoms with Crippen molar-refractivity contribution in [2.45, 2.75) is 6.42 Å². The maximum absolute atomic E-state index is 12.1. The van der Waals surface area contributed by atoms with Crippen molar-refractivity contribution in [3.63, 3.8) is 0 Å². The number of anilines is 2. The molecule has 0 atom stereocenters. The maximum atomic E-state index is 12.1. The summed E-state index contributed by atoms with van der Waals surface area (Å²) in [6.45, 7) is 0.711. The largest absolute Gasteiger partial charge is 0.399 e. The van der Waals surface area contributed by atoms with Crippen LogP contribution in [0.15, 0.2) is 42.7 Å². The van der Waals surface area contributed by atoms with Gasteiger partial charge >= 0.3 is 0 Å². The van der Waals surface area contributed by atoms with Crippen LogP contribution < -0.4 is 11.1 Å². The number of carbonyl (C=O) groups excluding carboxylic acids is 1. The highest BCUT2D eigenvalue weighted by molar-refractivity contribution is 6.00. The molecular weight excluding hydrogens is 264 g/mol. The van der Waals surface area contributed by atoms with Gasteiger partial charge in [-0.3, -0.25) is 9.78 Å². The van der Waals surface area contributed by atoms with E-state index in [1.165, 1.54) is 0 Å². The standard InChI is InChI=1S/C16H20N4O/c1-20(2)16(21)14-6-5-13(17)10-15(14)19-9-7-12-4-3-8-18-11-12/h3-6,8,10-11,19H,7,9,17H2,1-2H3. The Bertz CT molecular complexity index is 611. The summed E-state index contributed by atoms with van der Waals surface area (Å²) in [6.07, 6.45) is 4.42. The summed E-state index contributed by atoms with van der Waals surface area (Å²) in [7, 11) is 3.47. The second-order valence-corrected chi connectivity index (χ2v) is 5.04. The molecular formula is C16H20N4O. The van der Waals surface area contributed by atoms with Crippen LogP contribution in [0.5, 0.6) is 0 Å². The van der Waals surface area contributed by atoms with Gasteiger partial charge in [-0.25, -0.2) is 0 Å². The normalized spacial score (nSPS) is 10.2. The van der Waals surface area contributed by atoms with Crippen molar-refractivity contribution < 1.29 is 4.79 Å². The van der Waals surface area contributed by atoms with Crippen LogP contribution in [0.4, 0.5) is 11.4 Å². The first-order chi connectivity index (χ1) is 10.1. The highest BCUT2D eigenvalue weighted by atomic mass is 16.2. The highest BCUT2D eigenvalue weighted by Crippen LogP contribution is 2.20. The maximum Gasteiger partial charge on any atom is 0.255 e. The van der Waals surface area contributed by atoms with Gasteiger partial charge < -0.3 is 16.0 Å². The number of benzene rings is 1. The average molecular weight is 284 g/mol. The summed E-state index contributed by atoms with van der Waals surface area (Å²) in [5.74, 6) is -0.0427. The third-order valence-electron chi connectivity index (χ3n) is 3.13. The van der Waals surface area contributed by atoms with Gasteiger partial charge in [0.25, 0.3) is 5.91 Å². The fourth-order valence-corrected chi connectivity index (χ4v) is 2.02. The Morgan fingerprint density at radius 1 is 1.33 bits per heavy atom. The second kappa shape index (κ2) is 6.74. The first kappa shape index (κ1) is 14.8. The highest BCUT2D eigenvalue weighted by Gasteiger charge is 2.13. The van der Waals surface area contributed by atoms with E-state index in [4.69, 9.17) is 5.73 Å². The summed E-state index contributed by atoms with van der Waals surface area (Å²) in [4.78, 5) is 17.8. The number of nitrogens with one attached hydrogen (secondary N) is 1. The molecule has 1 aromatic heterocycles. The quantitative estimate of drug-likeness (QED) is 0.824. The molecule has 0 aliphatic rings. The minimum atomic E-state index is -0.0427. The van der Waals surface area contributed by atoms with Crippen molar-refractivity contribution in [1.29, 1.82) is 0 Å². The van der Waals surface area contributed by atoms with E-state index in [-0.39, 0.29) is 5.91 Å². The Hall–Kier alpha value is -2.56. The second-order valence-electron chi connectivity index (χ2n) is 5.04. The molecule has 0 radical (unpaired) electrons. The number of nitrogens with two attached hydrogens (primary N) is 1. The average Bonchev–Trinajstić information content (AvgIpc) is 2.48. The number of aromatic nitrogens is 1. The number of hydrogen-bond donors (Lipinski definition) is 2. The zero-order valence-electron chi connectivity index (χ0n) is 12.3. The van der Waals surface area contributed by atoms with Gasteiger partial charge in [0.15, 0.2) is 0 Å². The van der Waals surface area contributed by atoms with Gasteiger partial charge in [-0.1, -0.05) is 6.07 Å². The van der Waals surface area contributed by atoms with Crippen LogP contribution in [0.1, 0.15) is 15.9 Å². The van der Waals surface area contributed by atoms with Gasteiger partial charge in [-0.2, -0.15) is 0 Å². The Kier molecular flexibility index (Phi) is 4.77. The number of hydrogen-bond acceptors (Lipinski definition) is 4. The third kappa shape index (κ3) is 3.95. The molecule has 21 heavy (non-hydrogen) atoms. The van der Waals surface area contributed by atoms with Crippen molar-refractivity contribution in [2.75, 3.05) is 31.7 Å². The fraction of sp³-hybridized carbons (Fsp3) is 0.250. The smallest absolute Gasteiger partial charge is 0.255 e. The van der Waals surface area contributed by atoms with Crippen molar-refractivity contribution in [3.05, 3.63) is 53.9 Å². The van der Waals surface area contributed by atoms with E-state index in [1.54, 1.807) is 43.4 Å². The van der Waals surface area contributed by atoms with E-state index in [2.05, 4.69) is 10.3 Å². The van der Waals surface area contributed by atoms with Crippen molar-refractivity contribution >= 4 is 17.3 Å². The minimum absolute atomic E-state index is 0.0427. The summed E-state index contributed by atoms with van der Waals surface area (Å²) in [5, 5.41) is 3.28. The molecule has 3 N–H and O–H groups in total. The molecule has 0 unspecified atom stereocenters. The lowest BCUT2D eigenvalue weighted by Gasteiger charge is -2.16. The van der Waals surface area contributed by atoms with Gasteiger partial charge in [-0.05, 0) is 36.2 Å². The van der Waals surface area contributed by atoms with Crippen molar-refractivity contribution in [1.82, 2.24) is 9.88 Å². The molecule has 5 nitrogen and oxygen atoms in total. The Morgan fingerprint density at radius 2 is 2.14 bits per heavy atom. The molecule has 1 aromatic carbocycles. The SMILES string of the molecule is CN(C)C(=O)c1ccc(N)cc1NCCc1cccnc1. The molecule has 0 spiro atoms. The minimum Gasteiger partial charge on any atom is -0.399 e. The number of carbonyl (C=O) groups is 1. The number of rotatable bonds is 5. The summed E-state index contributed by atoms with van der Waals surface area (Å²) in [6, 6.07) is 9.23. The molecule has 1 heterocycles. The molecule has 0 saturated heterocycles. The van der Waals surface area contributed by atoms with Crippen LogP contribution in [0.25, 0.3) is 0 Å². The van der Waals surface area contributed by atoms with E-state index in [9.17, 15) is 4.79 Å². The Labute approximate surface area is 124 Å². The van der Waals surface area contributed by atoms with Gasteiger partial charge in [0.05, 0.1) is 5.56 Å². The van der Waals surface area contributed by atoms with Gasteiger partial charge in [0.2, 0.25) is 0 Å². The summed E-state index contributed by atoms with van der Waals surface area (Å²) < 4.78 is 0. The molecule has 0 aliphatic carbocycles. The predicted octanol–water partition coefficient (Wildman–Crippen LogP) is 2.02.